The lowest BCUT2D eigenvalue weighted by molar-refractivity contribution is 0.462. The van der Waals surface area contributed by atoms with Gasteiger partial charge in [-0.05, 0) is 36.6 Å². The summed E-state index contributed by atoms with van der Waals surface area (Å²) in [5.41, 5.74) is 5.06. The maximum absolute atomic E-state index is 8.98. The molecule has 0 unspecified atom stereocenters. The highest BCUT2D eigenvalue weighted by molar-refractivity contribution is 6.17. The summed E-state index contributed by atoms with van der Waals surface area (Å²) < 4.78 is 0. The number of benzene rings is 1. The van der Waals surface area contributed by atoms with Gasteiger partial charge in [0.1, 0.15) is 5.82 Å². The van der Waals surface area contributed by atoms with Crippen LogP contribution in [0.5, 0.6) is 0 Å². The lowest BCUT2D eigenvalue weighted by Gasteiger charge is -2.24. The van der Waals surface area contributed by atoms with E-state index in [1.165, 1.54) is 37.7 Å². The second kappa shape index (κ2) is 6.45. The zero-order valence-electron chi connectivity index (χ0n) is 13.6. The lowest BCUT2D eigenvalue weighted by atomic mass is 9.94. The summed E-state index contributed by atoms with van der Waals surface area (Å²) in [6.45, 7) is 0.701. The second-order valence-electron chi connectivity index (χ2n) is 6.53. The van der Waals surface area contributed by atoms with Crippen LogP contribution in [0, 0.1) is 11.3 Å². The SMILES string of the molecule is N#Cc1ccc(C2=NCc3ccnc(NC4CCCCC4)c32)cc1. The van der Waals surface area contributed by atoms with Gasteiger partial charge in [0.05, 0.1) is 23.9 Å². The third kappa shape index (κ3) is 2.78. The first-order valence-corrected chi connectivity index (χ1v) is 8.65. The topological polar surface area (TPSA) is 61.1 Å². The second-order valence-corrected chi connectivity index (χ2v) is 6.53. The number of hydrogen-bond acceptors (Lipinski definition) is 4. The van der Waals surface area contributed by atoms with Gasteiger partial charge in [-0.3, -0.25) is 4.99 Å². The molecule has 2 aromatic rings. The Hall–Kier alpha value is -2.67. The van der Waals surface area contributed by atoms with Crippen LogP contribution >= 0.6 is 0 Å². The van der Waals surface area contributed by atoms with Gasteiger partial charge in [-0.15, -0.1) is 0 Å². The molecule has 0 bridgehead atoms. The highest BCUT2D eigenvalue weighted by Crippen LogP contribution is 2.30. The molecule has 1 fully saturated rings. The molecule has 1 aliphatic heterocycles. The van der Waals surface area contributed by atoms with Crippen LogP contribution in [0.4, 0.5) is 5.82 Å². The number of hydrogen-bond donors (Lipinski definition) is 1. The van der Waals surface area contributed by atoms with Gasteiger partial charge in [0, 0.05) is 23.4 Å². The van der Waals surface area contributed by atoms with Crippen LogP contribution < -0.4 is 5.32 Å². The van der Waals surface area contributed by atoms with Crippen LogP contribution in [0.3, 0.4) is 0 Å². The maximum Gasteiger partial charge on any atom is 0.135 e. The monoisotopic (exact) mass is 316 g/mol. The molecule has 2 aliphatic rings. The molecule has 0 atom stereocenters. The van der Waals surface area contributed by atoms with Crippen molar-refractivity contribution in [3.8, 4) is 6.07 Å². The molecule has 1 aromatic heterocycles. The molecule has 4 rings (SSSR count). The van der Waals surface area contributed by atoms with Crippen LogP contribution in [-0.4, -0.2) is 16.7 Å². The molecule has 1 aromatic carbocycles. The van der Waals surface area contributed by atoms with Crippen molar-refractivity contribution in [1.29, 1.82) is 5.26 Å². The van der Waals surface area contributed by atoms with Gasteiger partial charge in [-0.25, -0.2) is 4.98 Å². The quantitative estimate of drug-likeness (QED) is 0.929. The summed E-state index contributed by atoms with van der Waals surface area (Å²) >= 11 is 0. The van der Waals surface area contributed by atoms with Crippen molar-refractivity contribution in [2.75, 3.05) is 5.32 Å². The van der Waals surface area contributed by atoms with Gasteiger partial charge < -0.3 is 5.32 Å². The van der Waals surface area contributed by atoms with E-state index in [9.17, 15) is 0 Å². The fraction of sp³-hybridized carbons (Fsp3) is 0.350. The highest BCUT2D eigenvalue weighted by Gasteiger charge is 2.24. The van der Waals surface area contributed by atoms with Crippen molar-refractivity contribution in [2.24, 2.45) is 4.99 Å². The molecular formula is C20H20N4. The third-order valence-corrected chi connectivity index (χ3v) is 4.92. The number of rotatable bonds is 3. The van der Waals surface area contributed by atoms with E-state index in [1.54, 1.807) is 0 Å². The lowest BCUT2D eigenvalue weighted by Crippen LogP contribution is -2.24. The van der Waals surface area contributed by atoms with Gasteiger partial charge in [-0.2, -0.15) is 5.26 Å². The number of aromatic nitrogens is 1. The first-order chi connectivity index (χ1) is 11.8. The van der Waals surface area contributed by atoms with E-state index in [1.807, 2.05) is 30.5 Å². The Bertz CT molecular complexity index is 809. The van der Waals surface area contributed by atoms with Crippen molar-refractivity contribution in [3.63, 3.8) is 0 Å². The number of anilines is 1. The largest absolute Gasteiger partial charge is 0.367 e. The van der Waals surface area contributed by atoms with Crippen molar-refractivity contribution >= 4 is 11.5 Å². The van der Waals surface area contributed by atoms with E-state index in [4.69, 9.17) is 10.3 Å². The van der Waals surface area contributed by atoms with Gasteiger partial charge in [-0.1, -0.05) is 31.4 Å². The van der Waals surface area contributed by atoms with Gasteiger partial charge >= 0.3 is 0 Å². The Balaban J connectivity index is 1.66. The third-order valence-electron chi connectivity index (χ3n) is 4.92. The van der Waals surface area contributed by atoms with Crippen molar-refractivity contribution in [3.05, 3.63) is 58.8 Å². The van der Waals surface area contributed by atoms with Gasteiger partial charge in [0.15, 0.2) is 0 Å². The van der Waals surface area contributed by atoms with E-state index in [0.29, 0.717) is 18.2 Å². The Morgan fingerprint density at radius 1 is 1.04 bits per heavy atom. The number of fused-ring (bicyclic) bond motifs is 1. The molecule has 0 amide bonds. The van der Waals surface area contributed by atoms with Crippen molar-refractivity contribution < 1.29 is 0 Å². The molecule has 1 aliphatic carbocycles. The zero-order chi connectivity index (χ0) is 16.4. The molecule has 0 saturated heterocycles. The Labute approximate surface area is 142 Å². The predicted molar refractivity (Wildman–Crippen MR) is 95.2 cm³/mol. The first-order valence-electron chi connectivity index (χ1n) is 8.65. The minimum absolute atomic E-state index is 0.514. The Morgan fingerprint density at radius 3 is 2.58 bits per heavy atom. The van der Waals surface area contributed by atoms with E-state index >= 15 is 0 Å². The van der Waals surface area contributed by atoms with Crippen LogP contribution in [-0.2, 0) is 6.54 Å². The molecular weight excluding hydrogens is 296 g/mol. The summed E-state index contributed by atoms with van der Waals surface area (Å²) in [7, 11) is 0. The van der Waals surface area contributed by atoms with Gasteiger partial charge in [0.25, 0.3) is 0 Å². The number of nitriles is 1. The fourth-order valence-corrected chi connectivity index (χ4v) is 3.63. The standard InChI is InChI=1S/C20H20N4/c21-12-14-6-8-15(9-7-14)19-18-16(13-23-19)10-11-22-20(18)24-17-4-2-1-3-5-17/h6-11,17H,1-5,13H2,(H,22,24). The molecule has 1 N–H and O–H groups in total. The van der Waals surface area contributed by atoms with E-state index in [-0.39, 0.29) is 0 Å². The molecule has 4 nitrogen and oxygen atoms in total. The number of pyridine rings is 1. The first kappa shape index (κ1) is 14.9. The fourth-order valence-electron chi connectivity index (χ4n) is 3.63. The van der Waals surface area contributed by atoms with Crippen molar-refractivity contribution in [1.82, 2.24) is 4.98 Å². The molecule has 1 saturated carbocycles. The Morgan fingerprint density at radius 2 is 1.83 bits per heavy atom. The summed E-state index contributed by atoms with van der Waals surface area (Å²) in [4.78, 5) is 9.35. The summed E-state index contributed by atoms with van der Waals surface area (Å²) in [6, 6.07) is 12.4. The van der Waals surface area contributed by atoms with E-state index < -0.39 is 0 Å². The molecule has 0 radical (unpaired) electrons. The van der Waals surface area contributed by atoms with E-state index in [0.717, 1.165) is 22.7 Å². The maximum atomic E-state index is 8.98. The molecule has 0 spiro atoms. The minimum Gasteiger partial charge on any atom is -0.367 e. The minimum atomic E-state index is 0.514. The molecule has 4 heteroatoms. The number of nitrogens with zero attached hydrogens (tertiary/aromatic N) is 3. The van der Waals surface area contributed by atoms with Crippen LogP contribution in [0.15, 0.2) is 41.5 Å². The van der Waals surface area contributed by atoms with Gasteiger partial charge in [0.2, 0.25) is 0 Å². The molecule has 24 heavy (non-hydrogen) atoms. The summed E-state index contributed by atoms with van der Waals surface area (Å²) in [5, 5.41) is 12.6. The smallest absolute Gasteiger partial charge is 0.135 e. The summed E-state index contributed by atoms with van der Waals surface area (Å²) in [6.07, 6.45) is 8.24. The van der Waals surface area contributed by atoms with Crippen LogP contribution in [0.25, 0.3) is 0 Å². The van der Waals surface area contributed by atoms with Crippen LogP contribution in [0.1, 0.15) is 54.4 Å². The zero-order valence-corrected chi connectivity index (χ0v) is 13.6. The normalized spacial score (nSPS) is 17.0. The highest BCUT2D eigenvalue weighted by atomic mass is 15.0. The number of nitrogens with one attached hydrogen (secondary N) is 1. The van der Waals surface area contributed by atoms with Crippen LogP contribution in [0.2, 0.25) is 0 Å². The molecule has 2 heterocycles. The van der Waals surface area contributed by atoms with E-state index in [2.05, 4.69) is 22.4 Å². The molecule has 120 valence electrons. The average molecular weight is 316 g/mol. The Kier molecular flexibility index (Phi) is 4.00. The average Bonchev–Trinajstić information content (AvgIpc) is 3.08. The summed E-state index contributed by atoms with van der Waals surface area (Å²) in [5.74, 6) is 0.958. The van der Waals surface area contributed by atoms with Crippen molar-refractivity contribution in [2.45, 2.75) is 44.7 Å². The number of aliphatic imine (C=N–C) groups is 1. The predicted octanol–water partition coefficient (Wildman–Crippen LogP) is 4.05.